The second-order valence-corrected chi connectivity index (χ2v) is 4.48. The molecule has 4 nitrogen and oxygen atoms in total. The number of halogens is 4. The molecule has 0 atom stereocenters. The minimum absolute atomic E-state index is 0. The van der Waals surface area contributed by atoms with Crippen LogP contribution in [0.25, 0.3) is 0 Å². The van der Waals surface area contributed by atoms with Crippen molar-refractivity contribution in [3.8, 4) is 0 Å². The third-order valence-electron chi connectivity index (χ3n) is 1.41. The summed E-state index contributed by atoms with van der Waals surface area (Å²) < 4.78 is 0. The van der Waals surface area contributed by atoms with Crippen LogP contribution in [0.15, 0.2) is 0 Å². The van der Waals surface area contributed by atoms with Gasteiger partial charge in [0.1, 0.15) is 0 Å². The quantitative estimate of drug-likeness (QED) is 0.233. The third-order valence-corrected chi connectivity index (χ3v) is 1.41. The van der Waals surface area contributed by atoms with Gasteiger partial charge in [0.05, 0.1) is 0 Å². The van der Waals surface area contributed by atoms with E-state index in [9.17, 15) is 0 Å². The second kappa shape index (κ2) is 24.4. The molecule has 0 aromatic carbocycles. The van der Waals surface area contributed by atoms with Crippen LogP contribution in [0.5, 0.6) is 0 Å². The Morgan fingerprint density at radius 1 is 0.611 bits per heavy atom. The van der Waals surface area contributed by atoms with E-state index in [4.69, 9.17) is 11.5 Å². The van der Waals surface area contributed by atoms with Crippen molar-refractivity contribution in [2.45, 2.75) is 51.6 Å². The molecule has 10 N–H and O–H groups in total. The molecule has 0 aliphatic carbocycles. The minimum atomic E-state index is -0.0728. The van der Waals surface area contributed by atoms with Gasteiger partial charge in [0, 0.05) is 11.1 Å². The zero-order valence-corrected chi connectivity index (χ0v) is 18.7. The second-order valence-electron chi connectivity index (χ2n) is 4.48. The van der Waals surface area contributed by atoms with Crippen molar-refractivity contribution in [2.75, 3.05) is 0 Å². The van der Waals surface area contributed by atoms with E-state index in [0.717, 1.165) is 12.8 Å². The molecular weight excluding hydrogens is 684 g/mol. The Morgan fingerprint density at radius 2 is 0.722 bits per heavy atom. The Morgan fingerprint density at radius 3 is 0.778 bits per heavy atom. The van der Waals surface area contributed by atoms with Gasteiger partial charge in [-0.3, -0.25) is 0 Å². The summed E-state index contributed by atoms with van der Waals surface area (Å²) in [5, 5.41) is 0. The summed E-state index contributed by atoms with van der Waals surface area (Å²) in [6.45, 7) is 8.11. The maximum atomic E-state index is 5.79. The Balaban J connectivity index is -0.0000000145. The van der Waals surface area contributed by atoms with Crippen molar-refractivity contribution < 1.29 is 91.8 Å². The zero-order chi connectivity index (χ0) is 8.41. The predicted octanol–water partition coefficient (Wildman–Crippen LogP) is -10.4. The molecule has 18 heavy (non-hydrogen) atoms. The van der Waals surface area contributed by atoms with Gasteiger partial charge in [0.15, 0.2) is 0 Å². The summed E-state index contributed by atoms with van der Waals surface area (Å²) in [5.41, 5.74) is 11.4. The third kappa shape index (κ3) is 63.1. The van der Waals surface area contributed by atoms with Gasteiger partial charge in [-0.05, 0) is 40.5 Å². The molecule has 0 heterocycles. The van der Waals surface area contributed by atoms with Gasteiger partial charge >= 0.3 is 42.1 Å². The van der Waals surface area contributed by atoms with Crippen molar-refractivity contribution >= 4 is 0 Å². The molecule has 0 bridgehead atoms. The number of hydrogen-bond donors (Lipinski definition) is 4. The van der Waals surface area contributed by atoms with Gasteiger partial charge in [0.2, 0.25) is 0 Å². The normalized spacial score (nSPS) is 7.67. The average molecular weight is 710 g/mol. The van der Waals surface area contributed by atoms with Crippen molar-refractivity contribution in [3.05, 3.63) is 0 Å². The van der Waals surface area contributed by atoms with Gasteiger partial charge in [0.25, 0.3) is 0 Å². The first kappa shape index (κ1) is 59.1. The van der Waals surface area contributed by atoms with E-state index in [-0.39, 0.29) is 115 Å². The molecule has 126 valence electrons. The molecular formula is C8H26Cl4N4Pt2. The molecule has 0 saturated carbocycles. The molecule has 0 spiro atoms. The Bertz CT molecular complexity index is 107. The van der Waals surface area contributed by atoms with Gasteiger partial charge in [-0.25, -0.2) is 0 Å². The summed E-state index contributed by atoms with van der Waals surface area (Å²) in [6.07, 6.45) is 1.97. The number of nitrogens with two attached hydrogens (primary N) is 2. The van der Waals surface area contributed by atoms with Crippen LogP contribution in [0.1, 0.15) is 40.5 Å². The SMILES string of the molecule is CC(C)(N)CCC(C)(C)N.N.N.[Cl-].[Cl-].[Cl-].[Cl-].[Pt+2].[Pt+2]. The van der Waals surface area contributed by atoms with E-state index in [1.807, 2.05) is 27.7 Å². The van der Waals surface area contributed by atoms with Crippen LogP contribution in [0.2, 0.25) is 0 Å². The molecule has 0 aliphatic heterocycles. The molecule has 0 rings (SSSR count). The molecule has 0 aromatic rings. The molecule has 0 radical (unpaired) electrons. The van der Waals surface area contributed by atoms with Crippen molar-refractivity contribution in [2.24, 2.45) is 11.5 Å². The Hall–Kier alpha value is 2.38. The largest absolute Gasteiger partial charge is 2.00 e. The molecule has 0 unspecified atom stereocenters. The number of rotatable bonds is 3. The smallest absolute Gasteiger partial charge is 1.00 e. The fourth-order valence-electron chi connectivity index (χ4n) is 0.644. The van der Waals surface area contributed by atoms with Crippen LogP contribution < -0.4 is 73.4 Å². The fourth-order valence-corrected chi connectivity index (χ4v) is 0.644. The van der Waals surface area contributed by atoms with Gasteiger partial charge in [-0.1, -0.05) is 0 Å². The molecule has 0 amide bonds. The average Bonchev–Trinajstić information content (AvgIpc) is 1.57. The molecule has 0 fully saturated rings. The summed E-state index contributed by atoms with van der Waals surface area (Å²) in [7, 11) is 0. The fraction of sp³-hybridized carbons (Fsp3) is 1.00. The van der Waals surface area contributed by atoms with Crippen molar-refractivity contribution in [1.29, 1.82) is 0 Å². The standard InChI is InChI=1S/C8H20N2.4ClH.2H3N.2Pt/c1-7(2,9)5-6-8(3,4)10;;;;;;;;/h5-6,9-10H2,1-4H3;4*1H;2*1H3;;/q;;;;;;;2*+2/p-4. The molecule has 0 aromatic heterocycles. The van der Waals surface area contributed by atoms with Crippen LogP contribution in [0, 0.1) is 0 Å². The van der Waals surface area contributed by atoms with E-state index in [1.165, 1.54) is 0 Å². The van der Waals surface area contributed by atoms with E-state index in [2.05, 4.69) is 0 Å². The first-order valence-electron chi connectivity index (χ1n) is 3.78. The van der Waals surface area contributed by atoms with Gasteiger partial charge in [-0.2, -0.15) is 0 Å². The zero-order valence-electron chi connectivity index (χ0n) is 11.1. The van der Waals surface area contributed by atoms with Crippen LogP contribution in [0.3, 0.4) is 0 Å². The van der Waals surface area contributed by atoms with Crippen molar-refractivity contribution in [1.82, 2.24) is 12.3 Å². The van der Waals surface area contributed by atoms with Crippen LogP contribution >= 0.6 is 0 Å². The minimum Gasteiger partial charge on any atom is -1.00 e. The van der Waals surface area contributed by atoms with Gasteiger partial charge < -0.3 is 73.4 Å². The molecule has 0 saturated heterocycles. The van der Waals surface area contributed by atoms with Crippen LogP contribution in [-0.2, 0) is 42.1 Å². The Labute approximate surface area is 166 Å². The van der Waals surface area contributed by atoms with Crippen LogP contribution in [0.4, 0.5) is 0 Å². The summed E-state index contributed by atoms with van der Waals surface area (Å²) >= 11 is 0. The van der Waals surface area contributed by atoms with Gasteiger partial charge in [-0.15, -0.1) is 0 Å². The predicted molar refractivity (Wildman–Crippen MR) is 55.8 cm³/mol. The monoisotopic (exact) mass is 708 g/mol. The van der Waals surface area contributed by atoms with E-state index in [0.29, 0.717) is 0 Å². The molecule has 10 heteroatoms. The summed E-state index contributed by atoms with van der Waals surface area (Å²) in [6, 6.07) is 0. The topological polar surface area (TPSA) is 122 Å². The first-order valence-corrected chi connectivity index (χ1v) is 3.78. The van der Waals surface area contributed by atoms with E-state index in [1.54, 1.807) is 0 Å². The molecule has 0 aliphatic rings. The maximum absolute atomic E-state index is 5.79. The first-order chi connectivity index (χ1) is 4.21. The Kier molecular flexibility index (Phi) is 80.1. The van der Waals surface area contributed by atoms with E-state index >= 15 is 0 Å². The maximum Gasteiger partial charge on any atom is 2.00 e. The number of hydrogen-bond acceptors (Lipinski definition) is 4. The van der Waals surface area contributed by atoms with Crippen LogP contribution in [-0.4, -0.2) is 11.1 Å². The summed E-state index contributed by atoms with van der Waals surface area (Å²) in [5.74, 6) is 0. The summed E-state index contributed by atoms with van der Waals surface area (Å²) in [4.78, 5) is 0. The van der Waals surface area contributed by atoms with E-state index < -0.39 is 0 Å². The van der Waals surface area contributed by atoms with Crippen molar-refractivity contribution in [3.63, 3.8) is 0 Å².